The molecule has 102 valence electrons. The van der Waals surface area contributed by atoms with E-state index in [1.54, 1.807) is 12.1 Å². The Morgan fingerprint density at radius 1 is 1.37 bits per heavy atom. The lowest BCUT2D eigenvalue weighted by molar-refractivity contribution is -0.384. The van der Waals surface area contributed by atoms with Gasteiger partial charge in [0, 0.05) is 30.4 Å². The summed E-state index contributed by atoms with van der Waals surface area (Å²) < 4.78 is 0. The molecule has 0 bridgehead atoms. The van der Waals surface area contributed by atoms with E-state index in [9.17, 15) is 14.9 Å². The molecular weight excluding hydrogens is 246 g/mol. The minimum atomic E-state index is -0.460. The van der Waals surface area contributed by atoms with E-state index in [4.69, 9.17) is 0 Å². The van der Waals surface area contributed by atoms with Crippen LogP contribution in [0.3, 0.4) is 0 Å². The number of nitro groups is 1. The molecule has 1 aromatic rings. The Morgan fingerprint density at radius 3 is 2.63 bits per heavy atom. The van der Waals surface area contributed by atoms with Gasteiger partial charge in [-0.25, -0.2) is 4.79 Å². The van der Waals surface area contributed by atoms with Gasteiger partial charge >= 0.3 is 6.03 Å². The summed E-state index contributed by atoms with van der Waals surface area (Å²) in [6, 6.07) is 5.97. The number of non-ortho nitro benzene ring substituents is 1. The van der Waals surface area contributed by atoms with E-state index in [0.717, 1.165) is 25.8 Å². The number of hydrogen-bond donors (Lipinski definition) is 1. The van der Waals surface area contributed by atoms with Crippen molar-refractivity contribution in [3.05, 3.63) is 34.4 Å². The average Bonchev–Trinajstić information content (AvgIpc) is 2.39. The van der Waals surface area contributed by atoms with Crippen LogP contribution < -0.4 is 5.32 Å². The maximum Gasteiger partial charge on any atom is 0.322 e. The highest BCUT2D eigenvalue weighted by Gasteiger charge is 2.23. The second-order valence-corrected chi connectivity index (χ2v) is 4.77. The molecule has 1 aliphatic heterocycles. The molecule has 1 atom stereocenters. The van der Waals surface area contributed by atoms with Crippen LogP contribution in [0.5, 0.6) is 0 Å². The lowest BCUT2D eigenvalue weighted by Gasteiger charge is -2.33. The molecule has 0 aliphatic carbocycles. The quantitative estimate of drug-likeness (QED) is 0.658. The Balaban J connectivity index is 2.00. The molecule has 0 unspecified atom stereocenters. The third-order valence-electron chi connectivity index (χ3n) is 3.39. The highest BCUT2D eigenvalue weighted by Crippen LogP contribution is 2.19. The van der Waals surface area contributed by atoms with Crippen molar-refractivity contribution in [2.75, 3.05) is 11.9 Å². The Kier molecular flexibility index (Phi) is 3.99. The first-order valence-electron chi connectivity index (χ1n) is 6.40. The number of likely N-dealkylation sites (tertiary alicyclic amines) is 1. The number of benzene rings is 1. The summed E-state index contributed by atoms with van der Waals surface area (Å²) >= 11 is 0. The number of nitrogens with zero attached hydrogens (tertiary/aromatic N) is 2. The van der Waals surface area contributed by atoms with Crippen molar-refractivity contribution >= 4 is 17.4 Å². The van der Waals surface area contributed by atoms with Crippen molar-refractivity contribution in [2.24, 2.45) is 0 Å². The van der Waals surface area contributed by atoms with E-state index >= 15 is 0 Å². The van der Waals surface area contributed by atoms with Gasteiger partial charge in [-0.2, -0.15) is 0 Å². The molecule has 6 nitrogen and oxygen atoms in total. The Hall–Kier alpha value is -2.11. The number of anilines is 1. The molecule has 2 rings (SSSR count). The van der Waals surface area contributed by atoms with E-state index in [1.165, 1.54) is 12.1 Å². The van der Waals surface area contributed by atoms with Crippen LogP contribution in [-0.4, -0.2) is 28.4 Å². The SMILES string of the molecule is C[C@@H]1CCCCN1C(=O)Nc1ccc([N+](=O)[O-])cc1. The van der Waals surface area contributed by atoms with Crippen LogP contribution in [0.4, 0.5) is 16.2 Å². The molecular formula is C13H17N3O3. The van der Waals surface area contributed by atoms with Gasteiger partial charge in [0.1, 0.15) is 0 Å². The summed E-state index contributed by atoms with van der Waals surface area (Å²) in [5.41, 5.74) is 0.595. The van der Waals surface area contributed by atoms with E-state index in [1.807, 2.05) is 11.8 Å². The number of carbonyl (C=O) groups is 1. The second kappa shape index (κ2) is 5.69. The van der Waals surface area contributed by atoms with Crippen LogP contribution in [-0.2, 0) is 0 Å². The molecule has 2 amide bonds. The van der Waals surface area contributed by atoms with Crippen LogP contribution in [0.1, 0.15) is 26.2 Å². The van der Waals surface area contributed by atoms with Gasteiger partial charge in [0.05, 0.1) is 4.92 Å². The summed E-state index contributed by atoms with van der Waals surface area (Å²) in [5.74, 6) is 0. The van der Waals surface area contributed by atoms with Crippen molar-refractivity contribution in [1.82, 2.24) is 4.90 Å². The normalized spacial score (nSPS) is 19.0. The van der Waals surface area contributed by atoms with E-state index in [-0.39, 0.29) is 17.8 Å². The van der Waals surface area contributed by atoms with Gasteiger partial charge in [0.25, 0.3) is 5.69 Å². The largest absolute Gasteiger partial charge is 0.322 e. The van der Waals surface area contributed by atoms with Gasteiger partial charge < -0.3 is 10.2 Å². The number of amides is 2. The van der Waals surface area contributed by atoms with Crippen LogP contribution in [0.2, 0.25) is 0 Å². The number of nitro benzene ring substituents is 1. The van der Waals surface area contributed by atoms with Crippen molar-refractivity contribution < 1.29 is 9.72 Å². The van der Waals surface area contributed by atoms with Crippen LogP contribution in [0.25, 0.3) is 0 Å². The first-order valence-corrected chi connectivity index (χ1v) is 6.40. The molecule has 19 heavy (non-hydrogen) atoms. The number of urea groups is 1. The smallest absolute Gasteiger partial charge is 0.322 e. The first-order chi connectivity index (χ1) is 9.08. The summed E-state index contributed by atoms with van der Waals surface area (Å²) in [4.78, 5) is 24.0. The van der Waals surface area contributed by atoms with Gasteiger partial charge in [-0.15, -0.1) is 0 Å². The first kappa shape index (κ1) is 13.3. The highest BCUT2D eigenvalue weighted by atomic mass is 16.6. The maximum atomic E-state index is 12.1. The molecule has 1 fully saturated rings. The summed E-state index contributed by atoms with van der Waals surface area (Å²) in [6.07, 6.45) is 3.20. The van der Waals surface area contributed by atoms with Gasteiger partial charge in [0.15, 0.2) is 0 Å². The van der Waals surface area contributed by atoms with E-state index in [0.29, 0.717) is 5.69 Å². The fraction of sp³-hybridized carbons (Fsp3) is 0.462. The van der Waals surface area contributed by atoms with Gasteiger partial charge in [0.2, 0.25) is 0 Å². The van der Waals surface area contributed by atoms with Crippen molar-refractivity contribution in [3.63, 3.8) is 0 Å². The molecule has 0 saturated carbocycles. The number of rotatable bonds is 2. The van der Waals surface area contributed by atoms with Crippen molar-refractivity contribution in [2.45, 2.75) is 32.2 Å². The third kappa shape index (κ3) is 3.21. The van der Waals surface area contributed by atoms with E-state index < -0.39 is 4.92 Å². The Bertz CT molecular complexity index is 473. The maximum absolute atomic E-state index is 12.1. The topological polar surface area (TPSA) is 75.5 Å². The zero-order valence-corrected chi connectivity index (χ0v) is 10.8. The standard InChI is InChI=1S/C13H17N3O3/c1-10-4-2-3-9-15(10)13(17)14-11-5-7-12(8-6-11)16(18)19/h5-8,10H,2-4,9H2,1H3,(H,14,17)/t10-/m1/s1. The van der Waals surface area contributed by atoms with Gasteiger partial charge in [-0.1, -0.05) is 0 Å². The van der Waals surface area contributed by atoms with E-state index in [2.05, 4.69) is 5.32 Å². The van der Waals surface area contributed by atoms with Crippen LogP contribution in [0.15, 0.2) is 24.3 Å². The third-order valence-corrected chi connectivity index (χ3v) is 3.39. The zero-order chi connectivity index (χ0) is 13.8. The number of hydrogen-bond acceptors (Lipinski definition) is 3. The molecule has 1 aliphatic rings. The molecule has 0 aromatic heterocycles. The number of piperidine rings is 1. The zero-order valence-electron chi connectivity index (χ0n) is 10.8. The monoisotopic (exact) mass is 263 g/mol. The summed E-state index contributed by atoms with van der Waals surface area (Å²) in [6.45, 7) is 2.80. The number of carbonyl (C=O) groups excluding carboxylic acids is 1. The lowest BCUT2D eigenvalue weighted by Crippen LogP contribution is -2.44. The van der Waals surface area contributed by atoms with Gasteiger partial charge in [-0.05, 0) is 38.3 Å². The molecule has 1 heterocycles. The van der Waals surface area contributed by atoms with Crippen molar-refractivity contribution in [1.29, 1.82) is 0 Å². The Labute approximate surface area is 111 Å². The second-order valence-electron chi connectivity index (χ2n) is 4.77. The predicted octanol–water partition coefficient (Wildman–Crippen LogP) is 3.00. The minimum absolute atomic E-state index is 0.0179. The van der Waals surface area contributed by atoms with Crippen LogP contribution >= 0.6 is 0 Å². The fourth-order valence-electron chi connectivity index (χ4n) is 2.26. The molecule has 0 spiro atoms. The molecule has 1 saturated heterocycles. The average molecular weight is 263 g/mol. The predicted molar refractivity (Wildman–Crippen MR) is 72.1 cm³/mol. The Morgan fingerprint density at radius 2 is 2.05 bits per heavy atom. The number of nitrogens with one attached hydrogen (secondary N) is 1. The molecule has 0 radical (unpaired) electrons. The van der Waals surface area contributed by atoms with Crippen molar-refractivity contribution in [3.8, 4) is 0 Å². The highest BCUT2D eigenvalue weighted by molar-refractivity contribution is 5.89. The minimum Gasteiger partial charge on any atom is -0.322 e. The van der Waals surface area contributed by atoms with Crippen LogP contribution in [0, 0.1) is 10.1 Å². The molecule has 1 aromatic carbocycles. The summed E-state index contributed by atoms with van der Waals surface area (Å²) in [7, 11) is 0. The van der Waals surface area contributed by atoms with Gasteiger partial charge in [-0.3, -0.25) is 10.1 Å². The fourth-order valence-corrected chi connectivity index (χ4v) is 2.26. The molecule has 6 heteroatoms. The molecule has 1 N–H and O–H groups in total. The summed E-state index contributed by atoms with van der Waals surface area (Å²) in [5, 5.41) is 13.3. The lowest BCUT2D eigenvalue weighted by atomic mass is 10.0.